The number of nitrogens with zero attached hydrogens (tertiary/aromatic N) is 1. The maximum atomic E-state index is 3.87. The highest BCUT2D eigenvalue weighted by Gasteiger charge is 2.21. The second kappa shape index (κ2) is 7.80. The van der Waals surface area contributed by atoms with Crippen LogP contribution < -0.4 is 5.32 Å². The molecular formula is C18H30N2. The number of hydrogen-bond acceptors (Lipinski definition) is 2. The van der Waals surface area contributed by atoms with E-state index in [0.29, 0.717) is 12.1 Å². The van der Waals surface area contributed by atoms with Gasteiger partial charge in [-0.1, -0.05) is 51.1 Å². The molecule has 1 aromatic carbocycles. The van der Waals surface area contributed by atoms with Gasteiger partial charge in [-0.25, -0.2) is 0 Å². The van der Waals surface area contributed by atoms with Crippen molar-refractivity contribution < 1.29 is 0 Å². The summed E-state index contributed by atoms with van der Waals surface area (Å²) >= 11 is 0. The van der Waals surface area contributed by atoms with E-state index in [1.54, 1.807) is 0 Å². The summed E-state index contributed by atoms with van der Waals surface area (Å²) < 4.78 is 0. The third-order valence-corrected chi connectivity index (χ3v) is 4.26. The molecule has 1 heterocycles. The topological polar surface area (TPSA) is 15.3 Å². The largest absolute Gasteiger partial charge is 0.307 e. The molecular weight excluding hydrogens is 244 g/mol. The van der Waals surface area contributed by atoms with Gasteiger partial charge in [-0.15, -0.1) is 0 Å². The molecule has 20 heavy (non-hydrogen) atoms. The van der Waals surface area contributed by atoms with Gasteiger partial charge in [0.1, 0.15) is 0 Å². The van der Waals surface area contributed by atoms with E-state index in [9.17, 15) is 0 Å². The highest BCUT2D eigenvalue weighted by molar-refractivity contribution is 5.18. The Labute approximate surface area is 124 Å². The van der Waals surface area contributed by atoms with Crippen LogP contribution in [-0.4, -0.2) is 30.6 Å². The third kappa shape index (κ3) is 4.60. The first kappa shape index (κ1) is 15.5. The molecule has 1 aliphatic rings. The molecule has 112 valence electrons. The van der Waals surface area contributed by atoms with Crippen molar-refractivity contribution in [3.63, 3.8) is 0 Å². The fourth-order valence-electron chi connectivity index (χ4n) is 3.22. The van der Waals surface area contributed by atoms with Crippen molar-refractivity contribution in [1.29, 1.82) is 0 Å². The van der Waals surface area contributed by atoms with Gasteiger partial charge in [0.2, 0.25) is 0 Å². The minimum absolute atomic E-state index is 0.512. The Morgan fingerprint density at radius 1 is 1.15 bits per heavy atom. The predicted octanol–water partition coefficient (Wildman–Crippen LogP) is 3.85. The molecule has 2 rings (SSSR count). The van der Waals surface area contributed by atoms with Crippen LogP contribution in [0.4, 0.5) is 0 Å². The third-order valence-electron chi connectivity index (χ3n) is 4.26. The molecule has 1 fully saturated rings. The Kier molecular flexibility index (Phi) is 6.06. The monoisotopic (exact) mass is 274 g/mol. The lowest BCUT2D eigenvalue weighted by molar-refractivity contribution is 0.174. The Balaban J connectivity index is 1.82. The van der Waals surface area contributed by atoms with Crippen molar-refractivity contribution >= 4 is 0 Å². The van der Waals surface area contributed by atoms with E-state index in [1.807, 2.05) is 0 Å². The van der Waals surface area contributed by atoms with Crippen molar-refractivity contribution in [2.24, 2.45) is 5.92 Å². The van der Waals surface area contributed by atoms with E-state index in [1.165, 1.54) is 38.0 Å². The van der Waals surface area contributed by atoms with Crippen LogP contribution in [0.1, 0.15) is 51.6 Å². The molecule has 1 N–H and O–H groups in total. The van der Waals surface area contributed by atoms with E-state index >= 15 is 0 Å². The van der Waals surface area contributed by atoms with Crippen LogP contribution in [0, 0.1) is 5.92 Å². The standard InChI is InChI=1S/C18H30N2/c1-4-18(16-8-6-5-7-9-16)19-17-10-12-20(13-11-17)14-15(2)3/h5-9,15,17-19H,4,10-14H2,1-3H3. The van der Waals surface area contributed by atoms with Crippen LogP contribution >= 0.6 is 0 Å². The van der Waals surface area contributed by atoms with Gasteiger partial charge in [0.15, 0.2) is 0 Å². The molecule has 2 heteroatoms. The lowest BCUT2D eigenvalue weighted by Crippen LogP contribution is -2.44. The van der Waals surface area contributed by atoms with Crippen LogP contribution in [0.3, 0.4) is 0 Å². The second-order valence-corrected chi connectivity index (χ2v) is 6.51. The second-order valence-electron chi connectivity index (χ2n) is 6.51. The molecule has 2 nitrogen and oxygen atoms in total. The van der Waals surface area contributed by atoms with Gasteiger partial charge in [0.05, 0.1) is 0 Å². The summed E-state index contributed by atoms with van der Waals surface area (Å²) in [5.41, 5.74) is 1.43. The molecule has 0 aromatic heterocycles. The average Bonchev–Trinajstić information content (AvgIpc) is 2.47. The lowest BCUT2D eigenvalue weighted by Gasteiger charge is -2.35. The molecule has 0 radical (unpaired) electrons. The first-order chi connectivity index (χ1) is 9.69. The van der Waals surface area contributed by atoms with Crippen molar-refractivity contribution in [2.45, 2.75) is 52.1 Å². The van der Waals surface area contributed by atoms with Crippen molar-refractivity contribution in [1.82, 2.24) is 10.2 Å². The van der Waals surface area contributed by atoms with Gasteiger partial charge in [-0.05, 0) is 43.8 Å². The van der Waals surface area contributed by atoms with Crippen molar-refractivity contribution in [2.75, 3.05) is 19.6 Å². The number of piperidine rings is 1. The predicted molar refractivity (Wildman–Crippen MR) is 86.9 cm³/mol. The normalized spacial score (nSPS) is 19.4. The quantitative estimate of drug-likeness (QED) is 0.847. The number of hydrogen-bond donors (Lipinski definition) is 1. The van der Waals surface area contributed by atoms with E-state index in [0.717, 1.165) is 12.3 Å². The highest BCUT2D eigenvalue weighted by Crippen LogP contribution is 2.20. The maximum Gasteiger partial charge on any atom is 0.0320 e. The summed E-state index contributed by atoms with van der Waals surface area (Å²) in [6, 6.07) is 12.1. The Morgan fingerprint density at radius 2 is 1.80 bits per heavy atom. The molecule has 0 aliphatic carbocycles. The highest BCUT2D eigenvalue weighted by atomic mass is 15.1. The fraction of sp³-hybridized carbons (Fsp3) is 0.667. The summed E-state index contributed by atoms with van der Waals surface area (Å²) in [5.74, 6) is 0.784. The van der Waals surface area contributed by atoms with Crippen LogP contribution in [0.2, 0.25) is 0 Å². The van der Waals surface area contributed by atoms with Gasteiger partial charge < -0.3 is 10.2 Å². The van der Waals surface area contributed by atoms with Crippen LogP contribution in [0.15, 0.2) is 30.3 Å². The zero-order valence-electron chi connectivity index (χ0n) is 13.3. The average molecular weight is 274 g/mol. The molecule has 1 saturated heterocycles. The van der Waals surface area contributed by atoms with Crippen LogP contribution in [0.25, 0.3) is 0 Å². The van der Waals surface area contributed by atoms with Gasteiger partial charge >= 0.3 is 0 Å². The van der Waals surface area contributed by atoms with E-state index in [-0.39, 0.29) is 0 Å². The van der Waals surface area contributed by atoms with Gasteiger partial charge in [-0.2, -0.15) is 0 Å². The first-order valence-electron chi connectivity index (χ1n) is 8.22. The summed E-state index contributed by atoms with van der Waals surface area (Å²) in [7, 11) is 0. The number of likely N-dealkylation sites (tertiary alicyclic amines) is 1. The van der Waals surface area contributed by atoms with Crippen molar-refractivity contribution in [3.05, 3.63) is 35.9 Å². The summed E-state index contributed by atoms with van der Waals surface area (Å²) in [4.78, 5) is 2.62. The Hall–Kier alpha value is -0.860. The van der Waals surface area contributed by atoms with Gasteiger partial charge in [0, 0.05) is 18.6 Å². The number of benzene rings is 1. The lowest BCUT2D eigenvalue weighted by atomic mass is 9.99. The molecule has 1 aromatic rings. The first-order valence-corrected chi connectivity index (χ1v) is 8.22. The zero-order valence-corrected chi connectivity index (χ0v) is 13.3. The molecule has 0 spiro atoms. The maximum absolute atomic E-state index is 3.87. The number of nitrogens with one attached hydrogen (secondary N) is 1. The Bertz CT molecular complexity index is 366. The minimum atomic E-state index is 0.512. The summed E-state index contributed by atoms with van der Waals surface area (Å²) in [6.45, 7) is 10.7. The fourth-order valence-corrected chi connectivity index (χ4v) is 3.22. The Morgan fingerprint density at radius 3 is 2.35 bits per heavy atom. The van der Waals surface area contributed by atoms with Gasteiger partial charge in [0.25, 0.3) is 0 Å². The molecule has 1 atom stereocenters. The molecule has 0 bridgehead atoms. The zero-order chi connectivity index (χ0) is 14.4. The summed E-state index contributed by atoms with van der Waals surface area (Å²) in [6.07, 6.45) is 3.74. The molecule has 0 saturated carbocycles. The molecule has 1 aliphatic heterocycles. The summed E-state index contributed by atoms with van der Waals surface area (Å²) in [5, 5.41) is 3.87. The van der Waals surface area contributed by atoms with E-state index in [2.05, 4.69) is 61.3 Å². The van der Waals surface area contributed by atoms with E-state index in [4.69, 9.17) is 0 Å². The van der Waals surface area contributed by atoms with Crippen molar-refractivity contribution in [3.8, 4) is 0 Å². The van der Waals surface area contributed by atoms with Gasteiger partial charge in [-0.3, -0.25) is 0 Å². The van der Waals surface area contributed by atoms with Crippen LogP contribution in [-0.2, 0) is 0 Å². The molecule has 0 amide bonds. The van der Waals surface area contributed by atoms with Crippen LogP contribution in [0.5, 0.6) is 0 Å². The molecule has 1 unspecified atom stereocenters. The number of rotatable bonds is 6. The minimum Gasteiger partial charge on any atom is -0.307 e. The van der Waals surface area contributed by atoms with E-state index < -0.39 is 0 Å². The smallest absolute Gasteiger partial charge is 0.0320 e. The SMILES string of the molecule is CCC(NC1CCN(CC(C)C)CC1)c1ccccc1.